The topological polar surface area (TPSA) is 43.9 Å². The standard InChI is InChI=1S/C29H37N3O2/c1-2-26(23-9-4-3-5-10-23)29(34)32-17-7-6-11-24-20-30(21-27(24)32)19-22-13-15-25(16-14-22)31-18-8-12-28(31)33/h3-5,9-10,13-16,24,26-27H,2,6-8,11-12,17-21H2,1H3/t24-,26-,27+/m0/s1. The number of rotatable bonds is 6. The summed E-state index contributed by atoms with van der Waals surface area (Å²) in [7, 11) is 0. The van der Waals surface area contributed by atoms with Crippen molar-refractivity contribution in [3.05, 3.63) is 65.7 Å². The summed E-state index contributed by atoms with van der Waals surface area (Å²) in [5.41, 5.74) is 3.43. The molecule has 3 aliphatic rings. The summed E-state index contributed by atoms with van der Waals surface area (Å²) in [6.07, 6.45) is 5.99. The second-order valence-corrected chi connectivity index (χ2v) is 10.2. The molecule has 0 unspecified atom stereocenters. The summed E-state index contributed by atoms with van der Waals surface area (Å²) >= 11 is 0. The fourth-order valence-electron chi connectivity index (χ4n) is 6.23. The molecule has 2 aromatic carbocycles. The number of likely N-dealkylation sites (tertiary alicyclic amines) is 2. The molecule has 3 atom stereocenters. The van der Waals surface area contributed by atoms with E-state index < -0.39 is 0 Å². The highest BCUT2D eigenvalue weighted by atomic mass is 16.2. The van der Waals surface area contributed by atoms with Gasteiger partial charge in [-0.3, -0.25) is 14.5 Å². The average Bonchev–Trinajstić information content (AvgIpc) is 3.41. The van der Waals surface area contributed by atoms with Gasteiger partial charge < -0.3 is 9.80 Å². The third-order valence-electron chi connectivity index (χ3n) is 8.03. The molecule has 0 radical (unpaired) electrons. The number of anilines is 1. The van der Waals surface area contributed by atoms with Crippen LogP contribution in [0.25, 0.3) is 0 Å². The fraction of sp³-hybridized carbons (Fsp3) is 0.517. The maximum absolute atomic E-state index is 13.8. The fourth-order valence-corrected chi connectivity index (χ4v) is 6.23. The van der Waals surface area contributed by atoms with E-state index in [2.05, 4.69) is 53.1 Å². The smallest absolute Gasteiger partial charge is 0.230 e. The number of carbonyl (C=O) groups excluding carboxylic acids is 2. The first-order valence-electron chi connectivity index (χ1n) is 13.1. The number of hydrogen-bond donors (Lipinski definition) is 0. The van der Waals surface area contributed by atoms with Crippen LogP contribution in [0.15, 0.2) is 54.6 Å². The molecular formula is C29H37N3O2. The molecule has 2 amide bonds. The van der Waals surface area contributed by atoms with Crippen molar-refractivity contribution in [2.45, 2.75) is 64.0 Å². The van der Waals surface area contributed by atoms with Crippen LogP contribution in [0.5, 0.6) is 0 Å². The summed E-state index contributed by atoms with van der Waals surface area (Å²) in [5.74, 6) is 1.06. The molecule has 3 saturated heterocycles. The lowest BCUT2D eigenvalue weighted by Gasteiger charge is -2.33. The highest BCUT2D eigenvalue weighted by molar-refractivity contribution is 5.95. The molecule has 180 valence electrons. The van der Waals surface area contributed by atoms with Crippen molar-refractivity contribution < 1.29 is 9.59 Å². The van der Waals surface area contributed by atoms with Crippen molar-refractivity contribution in [1.82, 2.24) is 9.80 Å². The Bertz CT molecular complexity index is 990. The van der Waals surface area contributed by atoms with Crippen LogP contribution in [0, 0.1) is 5.92 Å². The van der Waals surface area contributed by atoms with Gasteiger partial charge in [0.1, 0.15) is 0 Å². The molecule has 0 aliphatic carbocycles. The van der Waals surface area contributed by atoms with Gasteiger partial charge in [-0.05, 0) is 54.9 Å². The quantitative estimate of drug-likeness (QED) is 0.622. The minimum absolute atomic E-state index is 0.0464. The van der Waals surface area contributed by atoms with Gasteiger partial charge in [-0.2, -0.15) is 0 Å². The molecule has 3 heterocycles. The Kier molecular flexibility index (Phi) is 7.00. The Balaban J connectivity index is 1.27. The average molecular weight is 460 g/mol. The van der Waals surface area contributed by atoms with E-state index >= 15 is 0 Å². The lowest BCUT2D eigenvalue weighted by molar-refractivity contribution is -0.135. The van der Waals surface area contributed by atoms with Crippen LogP contribution in [0.2, 0.25) is 0 Å². The summed E-state index contributed by atoms with van der Waals surface area (Å²) in [4.78, 5) is 32.5. The second-order valence-electron chi connectivity index (χ2n) is 10.2. The molecule has 0 spiro atoms. The highest BCUT2D eigenvalue weighted by Gasteiger charge is 2.41. The molecule has 34 heavy (non-hydrogen) atoms. The Labute approximate surface area is 203 Å². The largest absolute Gasteiger partial charge is 0.338 e. The van der Waals surface area contributed by atoms with Crippen LogP contribution in [0.4, 0.5) is 5.69 Å². The molecule has 5 heteroatoms. The highest BCUT2D eigenvalue weighted by Crippen LogP contribution is 2.34. The van der Waals surface area contributed by atoms with Crippen molar-refractivity contribution in [2.75, 3.05) is 31.1 Å². The zero-order chi connectivity index (χ0) is 23.5. The summed E-state index contributed by atoms with van der Waals surface area (Å²) in [5, 5.41) is 0. The number of nitrogens with zero attached hydrogens (tertiary/aromatic N) is 3. The van der Waals surface area contributed by atoms with Gasteiger partial charge in [-0.1, -0.05) is 55.8 Å². The van der Waals surface area contributed by atoms with Gasteiger partial charge in [0.25, 0.3) is 0 Å². The van der Waals surface area contributed by atoms with E-state index in [1.54, 1.807) is 0 Å². The molecule has 5 rings (SSSR count). The lowest BCUT2D eigenvalue weighted by atomic mass is 9.93. The van der Waals surface area contributed by atoms with Crippen LogP contribution < -0.4 is 4.90 Å². The van der Waals surface area contributed by atoms with Crippen LogP contribution in [-0.4, -0.2) is 53.8 Å². The molecule has 0 bridgehead atoms. The van der Waals surface area contributed by atoms with E-state index in [0.29, 0.717) is 24.3 Å². The van der Waals surface area contributed by atoms with Gasteiger partial charge in [0.05, 0.1) is 5.92 Å². The van der Waals surface area contributed by atoms with E-state index in [0.717, 1.165) is 63.2 Å². The molecule has 3 aliphatic heterocycles. The van der Waals surface area contributed by atoms with Gasteiger partial charge in [0.15, 0.2) is 0 Å². The van der Waals surface area contributed by atoms with E-state index in [-0.39, 0.29) is 11.8 Å². The zero-order valence-electron chi connectivity index (χ0n) is 20.4. The Hall–Kier alpha value is -2.66. The first kappa shape index (κ1) is 23.1. The number of benzene rings is 2. The van der Waals surface area contributed by atoms with Crippen molar-refractivity contribution in [3.63, 3.8) is 0 Å². The van der Waals surface area contributed by atoms with Crippen molar-refractivity contribution in [3.8, 4) is 0 Å². The van der Waals surface area contributed by atoms with E-state index in [1.165, 1.54) is 18.4 Å². The van der Waals surface area contributed by atoms with Crippen molar-refractivity contribution >= 4 is 17.5 Å². The molecule has 2 aromatic rings. The van der Waals surface area contributed by atoms with Crippen LogP contribution >= 0.6 is 0 Å². The minimum atomic E-state index is -0.0464. The molecule has 0 aromatic heterocycles. The van der Waals surface area contributed by atoms with Gasteiger partial charge in [0, 0.05) is 50.9 Å². The normalized spacial score (nSPS) is 24.2. The minimum Gasteiger partial charge on any atom is -0.338 e. The van der Waals surface area contributed by atoms with Gasteiger partial charge in [0.2, 0.25) is 11.8 Å². The molecule has 5 nitrogen and oxygen atoms in total. The summed E-state index contributed by atoms with van der Waals surface area (Å²) < 4.78 is 0. The van der Waals surface area contributed by atoms with Gasteiger partial charge in [-0.25, -0.2) is 0 Å². The Morgan fingerprint density at radius 1 is 0.971 bits per heavy atom. The first-order valence-corrected chi connectivity index (χ1v) is 13.1. The van der Waals surface area contributed by atoms with Crippen LogP contribution in [0.1, 0.15) is 62.5 Å². The Morgan fingerprint density at radius 3 is 2.47 bits per heavy atom. The van der Waals surface area contributed by atoms with Crippen molar-refractivity contribution in [2.24, 2.45) is 5.92 Å². The van der Waals surface area contributed by atoms with Crippen LogP contribution in [0.3, 0.4) is 0 Å². The van der Waals surface area contributed by atoms with Crippen molar-refractivity contribution in [1.29, 1.82) is 0 Å². The third kappa shape index (κ3) is 4.76. The second kappa shape index (κ2) is 10.3. The number of hydrogen-bond acceptors (Lipinski definition) is 3. The molecule has 3 fully saturated rings. The van der Waals surface area contributed by atoms with E-state index in [1.807, 2.05) is 23.1 Å². The zero-order valence-corrected chi connectivity index (χ0v) is 20.4. The SMILES string of the molecule is CC[C@H](C(=O)N1CCCC[C@H]2CN(Cc3ccc(N4CCCC4=O)cc3)C[C@H]21)c1ccccc1. The predicted octanol–water partition coefficient (Wildman–Crippen LogP) is 4.82. The predicted molar refractivity (Wildman–Crippen MR) is 136 cm³/mol. The van der Waals surface area contributed by atoms with E-state index in [4.69, 9.17) is 0 Å². The molecule has 0 saturated carbocycles. The first-order chi connectivity index (χ1) is 16.6. The third-order valence-corrected chi connectivity index (χ3v) is 8.03. The van der Waals surface area contributed by atoms with Crippen LogP contribution in [-0.2, 0) is 16.1 Å². The van der Waals surface area contributed by atoms with E-state index in [9.17, 15) is 9.59 Å². The summed E-state index contributed by atoms with van der Waals surface area (Å²) in [6, 6.07) is 19.1. The van der Waals surface area contributed by atoms with Gasteiger partial charge >= 0.3 is 0 Å². The number of carbonyl (C=O) groups is 2. The number of amides is 2. The maximum Gasteiger partial charge on any atom is 0.230 e. The maximum atomic E-state index is 13.8. The number of fused-ring (bicyclic) bond motifs is 1. The lowest BCUT2D eigenvalue weighted by Crippen LogP contribution is -2.46. The molecule has 0 N–H and O–H groups in total. The monoisotopic (exact) mass is 459 g/mol. The molecular weight excluding hydrogens is 422 g/mol. The Morgan fingerprint density at radius 2 is 1.76 bits per heavy atom. The van der Waals surface area contributed by atoms with Gasteiger partial charge in [-0.15, -0.1) is 0 Å². The summed E-state index contributed by atoms with van der Waals surface area (Å²) in [6.45, 7) is 6.76.